The smallest absolute Gasteiger partial charge is 0.303 e. The van der Waals surface area contributed by atoms with Gasteiger partial charge in [-0.15, -0.1) is 0 Å². The number of hydrogen-bond donors (Lipinski definition) is 2. The minimum atomic E-state index is -0.945. The van der Waals surface area contributed by atoms with Crippen molar-refractivity contribution in [3.05, 3.63) is 58.4 Å². The SMILES string of the molecule is CCC(CC(=O)O)c1cc(F)c(N(CC(C)C)CC(C)C)c(NC(=O)c2ccc(Cl)cc2)c1. The van der Waals surface area contributed by atoms with Crippen molar-refractivity contribution in [1.29, 1.82) is 0 Å². The highest BCUT2D eigenvalue weighted by Gasteiger charge is 2.24. The second kappa shape index (κ2) is 12.0. The molecule has 0 spiro atoms. The van der Waals surface area contributed by atoms with Crippen molar-refractivity contribution >= 4 is 34.9 Å². The quantitative estimate of drug-likeness (QED) is 0.373. The summed E-state index contributed by atoms with van der Waals surface area (Å²) in [6.45, 7) is 11.3. The summed E-state index contributed by atoms with van der Waals surface area (Å²) >= 11 is 5.94. The minimum absolute atomic E-state index is 0.110. The Kier molecular flexibility index (Phi) is 9.71. The van der Waals surface area contributed by atoms with Gasteiger partial charge in [-0.3, -0.25) is 9.59 Å². The number of nitrogens with one attached hydrogen (secondary N) is 1. The fourth-order valence-corrected chi connectivity index (χ4v) is 4.04. The van der Waals surface area contributed by atoms with Crippen LogP contribution in [-0.2, 0) is 4.79 Å². The van der Waals surface area contributed by atoms with E-state index < -0.39 is 11.8 Å². The maximum absolute atomic E-state index is 15.6. The van der Waals surface area contributed by atoms with Crippen LogP contribution >= 0.6 is 11.6 Å². The zero-order valence-corrected chi connectivity index (χ0v) is 20.7. The van der Waals surface area contributed by atoms with Crippen molar-refractivity contribution in [3.8, 4) is 0 Å². The molecule has 7 heteroatoms. The van der Waals surface area contributed by atoms with E-state index in [1.165, 1.54) is 6.07 Å². The van der Waals surface area contributed by atoms with E-state index in [9.17, 15) is 14.7 Å². The molecule has 0 fully saturated rings. The van der Waals surface area contributed by atoms with Crippen molar-refractivity contribution < 1.29 is 19.1 Å². The van der Waals surface area contributed by atoms with Crippen molar-refractivity contribution in [3.63, 3.8) is 0 Å². The number of anilines is 2. The standard InChI is InChI=1S/C26H34ClFN2O3/c1-6-18(13-24(31)32)20-11-22(28)25(30(14-16(2)3)15-17(4)5)23(12-20)29-26(33)19-7-9-21(27)10-8-19/h7-12,16-18H,6,13-15H2,1-5H3,(H,29,33)(H,31,32). The zero-order valence-electron chi connectivity index (χ0n) is 20.0. The van der Waals surface area contributed by atoms with E-state index in [0.29, 0.717) is 47.0 Å². The van der Waals surface area contributed by atoms with Gasteiger partial charge in [0.1, 0.15) is 5.82 Å². The molecule has 33 heavy (non-hydrogen) atoms. The summed E-state index contributed by atoms with van der Waals surface area (Å²) in [5.41, 5.74) is 1.62. The Morgan fingerprint density at radius 2 is 1.64 bits per heavy atom. The Bertz CT molecular complexity index is 951. The van der Waals surface area contributed by atoms with Crippen LogP contribution in [-0.4, -0.2) is 30.1 Å². The average Bonchev–Trinajstić information content (AvgIpc) is 2.70. The summed E-state index contributed by atoms with van der Waals surface area (Å²) in [6.07, 6.45) is 0.429. The van der Waals surface area contributed by atoms with Crippen LogP contribution in [0.4, 0.5) is 15.8 Å². The van der Waals surface area contributed by atoms with Crippen LogP contribution < -0.4 is 10.2 Å². The zero-order chi connectivity index (χ0) is 24.7. The number of aliphatic carboxylic acids is 1. The second-order valence-electron chi connectivity index (χ2n) is 9.26. The summed E-state index contributed by atoms with van der Waals surface area (Å²) in [7, 11) is 0. The van der Waals surface area contributed by atoms with Gasteiger partial charge in [0.25, 0.3) is 5.91 Å². The molecule has 0 aromatic heterocycles. The number of carbonyl (C=O) groups is 2. The number of halogens is 2. The van der Waals surface area contributed by atoms with Crippen LogP contribution in [0.25, 0.3) is 0 Å². The number of rotatable bonds is 11. The molecule has 2 rings (SSSR count). The lowest BCUT2D eigenvalue weighted by molar-refractivity contribution is -0.137. The molecule has 2 aromatic carbocycles. The molecule has 1 amide bonds. The fraction of sp³-hybridized carbons (Fsp3) is 0.462. The number of nitrogens with zero attached hydrogens (tertiary/aromatic N) is 1. The van der Waals surface area contributed by atoms with Crippen LogP contribution in [0.2, 0.25) is 5.02 Å². The molecule has 1 atom stereocenters. The van der Waals surface area contributed by atoms with Gasteiger partial charge in [-0.1, -0.05) is 46.2 Å². The molecule has 5 nitrogen and oxygen atoms in total. The molecular weight excluding hydrogens is 443 g/mol. The molecule has 0 radical (unpaired) electrons. The highest BCUT2D eigenvalue weighted by Crippen LogP contribution is 2.36. The van der Waals surface area contributed by atoms with Crippen LogP contribution in [0.1, 0.15) is 69.3 Å². The van der Waals surface area contributed by atoms with E-state index in [1.807, 2.05) is 11.8 Å². The number of carboxylic acids is 1. The highest BCUT2D eigenvalue weighted by atomic mass is 35.5. The van der Waals surface area contributed by atoms with Crippen molar-refractivity contribution in [1.82, 2.24) is 0 Å². The maximum atomic E-state index is 15.6. The predicted molar refractivity (Wildman–Crippen MR) is 133 cm³/mol. The summed E-state index contributed by atoms with van der Waals surface area (Å²) in [5.74, 6) is -1.61. The first kappa shape index (κ1) is 26.7. The number of benzene rings is 2. The van der Waals surface area contributed by atoms with Gasteiger partial charge >= 0.3 is 5.97 Å². The van der Waals surface area contributed by atoms with Crippen LogP contribution in [0, 0.1) is 17.7 Å². The van der Waals surface area contributed by atoms with E-state index >= 15 is 4.39 Å². The van der Waals surface area contributed by atoms with Crippen molar-refractivity contribution in [2.24, 2.45) is 11.8 Å². The van der Waals surface area contributed by atoms with Gasteiger partial charge in [-0.05, 0) is 66.1 Å². The van der Waals surface area contributed by atoms with Gasteiger partial charge in [0.2, 0.25) is 0 Å². The Labute approximate surface area is 200 Å². The molecule has 0 aliphatic carbocycles. The number of hydrogen-bond acceptors (Lipinski definition) is 3. The van der Waals surface area contributed by atoms with E-state index in [0.717, 1.165) is 0 Å². The first-order chi connectivity index (χ1) is 15.5. The monoisotopic (exact) mass is 476 g/mol. The topological polar surface area (TPSA) is 69.6 Å². The summed E-state index contributed by atoms with van der Waals surface area (Å²) < 4.78 is 15.6. The fourth-order valence-electron chi connectivity index (χ4n) is 3.92. The van der Waals surface area contributed by atoms with E-state index in [4.69, 9.17) is 11.6 Å². The van der Waals surface area contributed by atoms with Gasteiger partial charge < -0.3 is 15.3 Å². The first-order valence-corrected chi connectivity index (χ1v) is 11.8. The number of carbonyl (C=O) groups excluding carboxylic acids is 1. The van der Waals surface area contributed by atoms with E-state index in [1.54, 1.807) is 30.3 Å². The molecule has 0 aliphatic rings. The third-order valence-electron chi connectivity index (χ3n) is 5.31. The van der Waals surface area contributed by atoms with E-state index in [2.05, 4.69) is 33.0 Å². The first-order valence-electron chi connectivity index (χ1n) is 11.4. The molecule has 2 N–H and O–H groups in total. The third-order valence-corrected chi connectivity index (χ3v) is 5.56. The van der Waals surface area contributed by atoms with Crippen molar-refractivity contribution in [2.75, 3.05) is 23.3 Å². The summed E-state index contributed by atoms with van der Waals surface area (Å²) in [5, 5.41) is 12.7. The van der Waals surface area contributed by atoms with Crippen molar-refractivity contribution in [2.45, 2.75) is 53.4 Å². The molecule has 0 saturated carbocycles. The molecule has 2 aromatic rings. The molecule has 0 heterocycles. The molecule has 0 aliphatic heterocycles. The summed E-state index contributed by atoms with van der Waals surface area (Å²) in [6, 6.07) is 9.60. The number of amides is 1. The third kappa shape index (κ3) is 7.74. The Morgan fingerprint density at radius 3 is 2.12 bits per heavy atom. The predicted octanol–water partition coefficient (Wildman–Crippen LogP) is 6.82. The molecule has 180 valence electrons. The Morgan fingerprint density at radius 1 is 1.06 bits per heavy atom. The average molecular weight is 477 g/mol. The normalized spacial score (nSPS) is 12.2. The van der Waals surface area contributed by atoms with Crippen LogP contribution in [0.5, 0.6) is 0 Å². The lowest BCUT2D eigenvalue weighted by atomic mass is 9.92. The Hall–Kier alpha value is -2.60. The van der Waals surface area contributed by atoms with E-state index in [-0.39, 0.29) is 30.1 Å². The largest absolute Gasteiger partial charge is 0.481 e. The molecule has 0 bridgehead atoms. The molecular formula is C26H34ClFN2O3. The highest BCUT2D eigenvalue weighted by molar-refractivity contribution is 6.30. The Balaban J connectivity index is 2.59. The van der Waals surface area contributed by atoms with Crippen LogP contribution in [0.15, 0.2) is 36.4 Å². The van der Waals surface area contributed by atoms with Gasteiger partial charge in [0, 0.05) is 23.7 Å². The molecule has 1 unspecified atom stereocenters. The summed E-state index contributed by atoms with van der Waals surface area (Å²) in [4.78, 5) is 26.3. The lowest BCUT2D eigenvalue weighted by Gasteiger charge is -2.31. The second-order valence-corrected chi connectivity index (χ2v) is 9.69. The van der Waals surface area contributed by atoms with Gasteiger partial charge in [-0.2, -0.15) is 0 Å². The maximum Gasteiger partial charge on any atom is 0.303 e. The lowest BCUT2D eigenvalue weighted by Crippen LogP contribution is -2.33. The van der Waals surface area contributed by atoms with Gasteiger partial charge in [0.15, 0.2) is 0 Å². The number of carboxylic acid groups (broad SMARTS) is 1. The minimum Gasteiger partial charge on any atom is -0.481 e. The van der Waals surface area contributed by atoms with Crippen LogP contribution in [0.3, 0.4) is 0 Å². The molecule has 0 saturated heterocycles. The van der Waals surface area contributed by atoms with Gasteiger partial charge in [-0.25, -0.2) is 4.39 Å². The van der Waals surface area contributed by atoms with Gasteiger partial charge in [0.05, 0.1) is 17.8 Å².